The molecule has 1 aliphatic carbocycles. The summed E-state index contributed by atoms with van der Waals surface area (Å²) in [5.74, 6) is -1.03. The van der Waals surface area contributed by atoms with Gasteiger partial charge in [-0.25, -0.2) is 8.42 Å². The number of hydrogen-bond donors (Lipinski definition) is 2. The Labute approximate surface area is 177 Å². The van der Waals surface area contributed by atoms with Crippen LogP contribution in [-0.4, -0.2) is 18.8 Å². The quantitative estimate of drug-likeness (QED) is 0.479. The molecule has 3 rings (SSSR count). The third-order valence-corrected chi connectivity index (χ3v) is 9.99. The Morgan fingerprint density at radius 2 is 1.86 bits per heavy atom. The fourth-order valence-electron chi connectivity index (χ4n) is 2.92. The summed E-state index contributed by atoms with van der Waals surface area (Å²) >= 11 is 6.17. The van der Waals surface area contributed by atoms with E-state index in [9.17, 15) is 26.7 Å². The lowest BCUT2D eigenvalue weighted by atomic mass is 10.0. The van der Waals surface area contributed by atoms with Gasteiger partial charge in [-0.1, -0.05) is 19.3 Å². The molecular formula is C17H17BrF3NO3S3. The van der Waals surface area contributed by atoms with Gasteiger partial charge in [0.1, 0.15) is 9.96 Å². The number of anilines is 1. The van der Waals surface area contributed by atoms with Crippen molar-refractivity contribution in [1.82, 2.24) is 0 Å². The largest absolute Gasteiger partial charge is 0.507 e. The van der Waals surface area contributed by atoms with Gasteiger partial charge in [0.2, 0.25) is 0 Å². The Hall–Kier alpha value is -0.910. The van der Waals surface area contributed by atoms with Gasteiger partial charge in [0.25, 0.3) is 10.0 Å². The van der Waals surface area contributed by atoms with Gasteiger partial charge in [-0.05, 0) is 47.0 Å². The zero-order chi connectivity index (χ0) is 20.5. The molecule has 1 aromatic heterocycles. The number of thioether (sulfide) groups is 1. The number of phenols is 1. The number of hydrogen-bond acceptors (Lipinski definition) is 5. The Balaban J connectivity index is 1.78. The van der Waals surface area contributed by atoms with Gasteiger partial charge in [0.05, 0.1) is 15.5 Å². The molecule has 0 bridgehead atoms. The maximum atomic E-state index is 12.7. The SMILES string of the molecule is O=S(=O)(Nc1ccc(C(F)(F)F)c(O)c1)c1cc(Br)c(SC2CCCCC2)s1. The Morgan fingerprint density at radius 1 is 1.18 bits per heavy atom. The monoisotopic (exact) mass is 515 g/mol. The highest BCUT2D eigenvalue weighted by atomic mass is 79.9. The van der Waals surface area contributed by atoms with Crippen LogP contribution < -0.4 is 4.72 Å². The van der Waals surface area contributed by atoms with Crippen molar-refractivity contribution in [3.8, 4) is 5.75 Å². The first-order valence-electron chi connectivity index (χ1n) is 8.45. The molecule has 0 saturated heterocycles. The average molecular weight is 516 g/mol. The molecule has 0 amide bonds. The van der Waals surface area contributed by atoms with E-state index in [1.54, 1.807) is 11.8 Å². The number of sulfonamides is 1. The first-order valence-corrected chi connectivity index (χ1v) is 12.4. The van der Waals surface area contributed by atoms with Gasteiger partial charge in [-0.15, -0.1) is 23.1 Å². The number of rotatable bonds is 5. The van der Waals surface area contributed by atoms with Gasteiger partial charge in [-0.3, -0.25) is 4.72 Å². The van der Waals surface area contributed by atoms with E-state index in [0.29, 0.717) is 15.8 Å². The first kappa shape index (κ1) is 21.8. The van der Waals surface area contributed by atoms with E-state index in [1.165, 1.54) is 25.3 Å². The molecule has 1 aromatic carbocycles. The molecule has 0 atom stereocenters. The molecule has 28 heavy (non-hydrogen) atoms. The molecule has 11 heteroatoms. The highest BCUT2D eigenvalue weighted by molar-refractivity contribution is 9.10. The van der Waals surface area contributed by atoms with E-state index in [1.807, 2.05) is 0 Å². The topological polar surface area (TPSA) is 66.4 Å². The number of aromatic hydroxyl groups is 1. The molecule has 0 spiro atoms. The second-order valence-corrected chi connectivity index (χ2v) is 11.8. The number of benzene rings is 1. The zero-order valence-electron chi connectivity index (χ0n) is 14.4. The number of thiophene rings is 1. The summed E-state index contributed by atoms with van der Waals surface area (Å²) in [6.45, 7) is 0. The summed E-state index contributed by atoms with van der Waals surface area (Å²) < 4.78 is 67.2. The maximum Gasteiger partial charge on any atom is 0.419 e. The van der Waals surface area contributed by atoms with Crippen molar-refractivity contribution < 1.29 is 26.7 Å². The molecule has 1 saturated carbocycles. The molecule has 4 nitrogen and oxygen atoms in total. The van der Waals surface area contributed by atoms with Crippen LogP contribution in [0.25, 0.3) is 0 Å². The lowest BCUT2D eigenvalue weighted by Gasteiger charge is -2.20. The molecule has 0 radical (unpaired) electrons. The summed E-state index contributed by atoms with van der Waals surface area (Å²) in [5.41, 5.74) is -1.36. The standard InChI is InChI=1S/C17H17BrF3NO3S3/c18-13-9-15(27-16(13)26-11-4-2-1-3-5-11)28(24,25)22-10-6-7-12(14(23)8-10)17(19,20)21/h6-9,11,22-23H,1-5H2. The molecule has 2 N–H and O–H groups in total. The van der Waals surface area contributed by atoms with Crippen molar-refractivity contribution in [2.24, 2.45) is 0 Å². The van der Waals surface area contributed by atoms with Gasteiger partial charge >= 0.3 is 6.18 Å². The third-order valence-electron chi connectivity index (χ3n) is 4.28. The van der Waals surface area contributed by atoms with Crippen LogP contribution in [0.3, 0.4) is 0 Å². The normalized spacial score (nSPS) is 16.3. The predicted molar refractivity (Wildman–Crippen MR) is 109 cm³/mol. The number of alkyl halides is 3. The van der Waals surface area contributed by atoms with Crippen LogP contribution in [0.4, 0.5) is 18.9 Å². The fourth-order valence-corrected chi connectivity index (χ4v) is 8.19. The van der Waals surface area contributed by atoms with Crippen LogP contribution in [-0.2, 0) is 16.2 Å². The van der Waals surface area contributed by atoms with Gasteiger partial charge in [0, 0.05) is 15.8 Å². The summed E-state index contributed by atoms with van der Waals surface area (Å²) in [5, 5.41) is 10.0. The smallest absolute Gasteiger partial charge is 0.419 e. The maximum absolute atomic E-state index is 12.7. The molecule has 1 heterocycles. The van der Waals surface area contributed by atoms with E-state index in [2.05, 4.69) is 20.7 Å². The predicted octanol–water partition coefficient (Wildman–Crippen LogP) is 6.46. The molecule has 1 aliphatic rings. The Morgan fingerprint density at radius 3 is 2.46 bits per heavy atom. The van der Waals surface area contributed by atoms with Gasteiger partial charge < -0.3 is 5.11 Å². The van der Waals surface area contributed by atoms with Crippen molar-refractivity contribution >= 4 is 54.7 Å². The highest BCUT2D eigenvalue weighted by Crippen LogP contribution is 2.43. The van der Waals surface area contributed by atoms with Crippen LogP contribution >= 0.6 is 39.0 Å². The van der Waals surface area contributed by atoms with E-state index >= 15 is 0 Å². The minimum atomic E-state index is -4.72. The summed E-state index contributed by atoms with van der Waals surface area (Å²) in [6.07, 6.45) is 1.05. The first-order chi connectivity index (χ1) is 13.1. The zero-order valence-corrected chi connectivity index (χ0v) is 18.5. The average Bonchev–Trinajstić information content (AvgIpc) is 2.96. The van der Waals surface area contributed by atoms with E-state index in [-0.39, 0.29) is 9.90 Å². The van der Waals surface area contributed by atoms with E-state index < -0.39 is 27.5 Å². The molecule has 1 fully saturated rings. The molecule has 0 aliphatic heterocycles. The van der Waals surface area contributed by atoms with Crippen LogP contribution in [0.2, 0.25) is 0 Å². The lowest BCUT2D eigenvalue weighted by Crippen LogP contribution is -2.12. The summed E-state index contributed by atoms with van der Waals surface area (Å²) in [4.78, 5) is 0. The van der Waals surface area contributed by atoms with Crippen LogP contribution in [0, 0.1) is 0 Å². The molecule has 0 unspecified atom stereocenters. The van der Waals surface area contributed by atoms with E-state index in [4.69, 9.17) is 0 Å². The van der Waals surface area contributed by atoms with Gasteiger partial charge in [-0.2, -0.15) is 13.2 Å². The second kappa shape index (κ2) is 8.45. The van der Waals surface area contributed by atoms with E-state index in [0.717, 1.165) is 40.5 Å². The lowest BCUT2D eigenvalue weighted by molar-refractivity contribution is -0.138. The summed E-state index contributed by atoms with van der Waals surface area (Å²) in [6, 6.07) is 3.85. The van der Waals surface area contributed by atoms with Crippen molar-refractivity contribution in [2.45, 2.75) is 51.9 Å². The van der Waals surface area contributed by atoms with Crippen molar-refractivity contribution in [2.75, 3.05) is 4.72 Å². The third kappa shape index (κ3) is 5.17. The molecular weight excluding hydrogens is 499 g/mol. The van der Waals surface area contributed by atoms with Crippen LogP contribution in [0.5, 0.6) is 5.75 Å². The van der Waals surface area contributed by atoms with Gasteiger partial charge in [0.15, 0.2) is 0 Å². The minimum absolute atomic E-state index is 0.0528. The Bertz CT molecular complexity index is 954. The Kier molecular flexibility index (Phi) is 6.58. The van der Waals surface area contributed by atoms with Crippen LogP contribution in [0.15, 0.2) is 37.2 Å². The number of halogens is 4. The van der Waals surface area contributed by atoms with Crippen molar-refractivity contribution in [3.05, 3.63) is 34.3 Å². The second-order valence-electron chi connectivity index (χ2n) is 6.41. The fraction of sp³-hybridized carbons (Fsp3) is 0.412. The highest BCUT2D eigenvalue weighted by Gasteiger charge is 2.34. The van der Waals surface area contributed by atoms with Crippen molar-refractivity contribution in [3.63, 3.8) is 0 Å². The number of nitrogens with one attached hydrogen (secondary N) is 1. The van der Waals surface area contributed by atoms with Crippen molar-refractivity contribution in [1.29, 1.82) is 0 Å². The minimum Gasteiger partial charge on any atom is -0.507 e. The molecule has 2 aromatic rings. The molecule has 154 valence electrons. The number of phenolic OH excluding ortho intramolecular Hbond substituents is 1. The van der Waals surface area contributed by atoms with Crippen LogP contribution in [0.1, 0.15) is 37.7 Å². The summed E-state index contributed by atoms with van der Waals surface area (Å²) in [7, 11) is -3.99.